The maximum atomic E-state index is 12.6. The van der Waals surface area contributed by atoms with Crippen molar-refractivity contribution in [2.75, 3.05) is 0 Å². The molecule has 0 bridgehead atoms. The number of aromatic nitrogens is 1. The third-order valence-corrected chi connectivity index (χ3v) is 3.60. The summed E-state index contributed by atoms with van der Waals surface area (Å²) in [6, 6.07) is 9.53. The molecule has 0 saturated heterocycles. The number of hydrogen-bond acceptors (Lipinski definition) is 3. The monoisotopic (exact) mass is 313 g/mol. The second-order valence-corrected chi connectivity index (χ2v) is 5.18. The van der Waals surface area contributed by atoms with Crippen molar-refractivity contribution in [2.24, 2.45) is 0 Å². The Bertz CT molecular complexity index is 659. The zero-order chi connectivity index (χ0) is 15.5. The van der Waals surface area contributed by atoms with Gasteiger partial charge in [-0.2, -0.15) is 13.2 Å². The third kappa shape index (κ3) is 4.22. The first-order valence-corrected chi connectivity index (χ1v) is 6.84. The normalized spacial score (nSPS) is 11.4. The van der Waals surface area contributed by atoms with Crippen molar-refractivity contribution in [1.82, 2.24) is 4.98 Å². The van der Waals surface area contributed by atoms with E-state index in [0.717, 1.165) is 12.1 Å². The van der Waals surface area contributed by atoms with E-state index in [1.807, 2.05) is 0 Å². The summed E-state index contributed by atoms with van der Waals surface area (Å²) >= 11 is 1.17. The molecule has 1 N–H and O–H groups in total. The van der Waals surface area contributed by atoms with Crippen molar-refractivity contribution in [2.45, 2.75) is 16.8 Å². The van der Waals surface area contributed by atoms with Gasteiger partial charge in [-0.25, -0.2) is 9.78 Å². The van der Waals surface area contributed by atoms with E-state index in [9.17, 15) is 18.0 Å². The SMILES string of the molecule is O=C(O)c1cccc(CSc2cccc(C(F)(F)F)c2)n1. The largest absolute Gasteiger partial charge is 0.477 e. The molecular formula is C14H10F3NO2S. The van der Waals surface area contributed by atoms with Crippen molar-refractivity contribution in [1.29, 1.82) is 0 Å². The van der Waals surface area contributed by atoms with Gasteiger partial charge in [0.25, 0.3) is 0 Å². The Balaban J connectivity index is 2.10. The number of halogens is 3. The highest BCUT2D eigenvalue weighted by molar-refractivity contribution is 7.98. The van der Waals surface area contributed by atoms with E-state index in [2.05, 4.69) is 4.98 Å². The number of thioether (sulfide) groups is 1. The van der Waals surface area contributed by atoms with Crippen LogP contribution in [-0.2, 0) is 11.9 Å². The fourth-order valence-electron chi connectivity index (χ4n) is 1.60. The van der Waals surface area contributed by atoms with Crippen LogP contribution in [0.5, 0.6) is 0 Å². The van der Waals surface area contributed by atoms with Gasteiger partial charge in [0.1, 0.15) is 5.69 Å². The molecule has 0 aliphatic heterocycles. The van der Waals surface area contributed by atoms with E-state index in [4.69, 9.17) is 5.11 Å². The highest BCUT2D eigenvalue weighted by Gasteiger charge is 2.30. The standard InChI is InChI=1S/C14H10F3NO2S/c15-14(16,17)9-3-1-5-11(7-9)21-8-10-4-2-6-12(18-10)13(19)20/h1-7H,8H2,(H,19,20). The number of nitrogens with zero attached hydrogens (tertiary/aromatic N) is 1. The molecule has 0 atom stereocenters. The predicted octanol–water partition coefficient (Wildman–Crippen LogP) is 4.09. The zero-order valence-corrected chi connectivity index (χ0v) is 11.4. The van der Waals surface area contributed by atoms with E-state index < -0.39 is 17.7 Å². The van der Waals surface area contributed by atoms with E-state index in [1.54, 1.807) is 18.2 Å². The number of pyridine rings is 1. The van der Waals surface area contributed by atoms with Crippen molar-refractivity contribution >= 4 is 17.7 Å². The Hall–Kier alpha value is -2.02. The average Bonchev–Trinajstić information content (AvgIpc) is 2.45. The molecule has 2 aromatic rings. The lowest BCUT2D eigenvalue weighted by Gasteiger charge is -2.08. The van der Waals surface area contributed by atoms with Crippen LogP contribution in [0.4, 0.5) is 13.2 Å². The van der Waals surface area contributed by atoms with Gasteiger partial charge in [-0.05, 0) is 30.3 Å². The Morgan fingerprint density at radius 2 is 1.90 bits per heavy atom. The topological polar surface area (TPSA) is 50.2 Å². The Kier molecular flexibility index (Phi) is 4.52. The summed E-state index contributed by atoms with van der Waals surface area (Å²) in [5, 5.41) is 8.83. The molecule has 2 rings (SSSR count). The number of carboxylic acids is 1. The van der Waals surface area contributed by atoms with Gasteiger partial charge < -0.3 is 5.11 Å². The van der Waals surface area contributed by atoms with E-state index >= 15 is 0 Å². The molecule has 110 valence electrons. The number of rotatable bonds is 4. The van der Waals surface area contributed by atoms with Gasteiger partial charge in [0, 0.05) is 10.6 Å². The molecule has 1 aromatic carbocycles. The van der Waals surface area contributed by atoms with Crippen molar-refractivity contribution in [3.8, 4) is 0 Å². The summed E-state index contributed by atoms with van der Waals surface area (Å²) in [6.07, 6.45) is -4.38. The minimum Gasteiger partial charge on any atom is -0.477 e. The second kappa shape index (κ2) is 6.17. The highest BCUT2D eigenvalue weighted by Crippen LogP contribution is 2.32. The molecule has 0 radical (unpaired) electrons. The van der Waals surface area contributed by atoms with Gasteiger partial charge in [-0.1, -0.05) is 12.1 Å². The van der Waals surface area contributed by atoms with Crippen molar-refractivity contribution in [3.63, 3.8) is 0 Å². The first-order chi connectivity index (χ1) is 9.86. The van der Waals surface area contributed by atoms with Crippen LogP contribution >= 0.6 is 11.8 Å². The molecule has 0 amide bonds. The lowest BCUT2D eigenvalue weighted by molar-refractivity contribution is -0.137. The smallest absolute Gasteiger partial charge is 0.416 e. The molecule has 0 unspecified atom stereocenters. The molecule has 0 fully saturated rings. The van der Waals surface area contributed by atoms with Gasteiger partial charge in [-0.15, -0.1) is 11.8 Å². The lowest BCUT2D eigenvalue weighted by atomic mass is 10.2. The number of carboxylic acid groups (broad SMARTS) is 1. The fraction of sp³-hybridized carbons (Fsp3) is 0.143. The summed E-state index contributed by atoms with van der Waals surface area (Å²) in [6.45, 7) is 0. The van der Waals surface area contributed by atoms with Crippen LogP contribution in [0.25, 0.3) is 0 Å². The van der Waals surface area contributed by atoms with E-state index in [0.29, 0.717) is 16.3 Å². The van der Waals surface area contributed by atoms with Crippen LogP contribution < -0.4 is 0 Å². The summed E-state index contributed by atoms with van der Waals surface area (Å²) in [7, 11) is 0. The van der Waals surface area contributed by atoms with Gasteiger partial charge in [-0.3, -0.25) is 0 Å². The molecule has 3 nitrogen and oxygen atoms in total. The molecule has 1 heterocycles. The van der Waals surface area contributed by atoms with Crippen LogP contribution in [0.1, 0.15) is 21.7 Å². The molecular weight excluding hydrogens is 303 g/mol. The Morgan fingerprint density at radius 3 is 2.57 bits per heavy atom. The number of aromatic carboxylic acids is 1. The molecule has 0 spiro atoms. The summed E-state index contributed by atoms with van der Waals surface area (Å²) < 4.78 is 37.8. The number of carbonyl (C=O) groups is 1. The molecule has 21 heavy (non-hydrogen) atoms. The van der Waals surface area contributed by atoms with Gasteiger partial charge in [0.05, 0.1) is 11.3 Å². The quantitative estimate of drug-likeness (QED) is 0.864. The van der Waals surface area contributed by atoms with Gasteiger partial charge in [0.15, 0.2) is 0 Å². The summed E-state index contributed by atoms with van der Waals surface area (Å²) in [4.78, 5) is 15.2. The Labute approximate surface area is 122 Å². The minimum absolute atomic E-state index is 0.0860. The predicted molar refractivity (Wildman–Crippen MR) is 72.2 cm³/mol. The zero-order valence-electron chi connectivity index (χ0n) is 10.6. The van der Waals surface area contributed by atoms with Crippen LogP contribution in [0.2, 0.25) is 0 Å². The van der Waals surface area contributed by atoms with Crippen LogP contribution in [0.15, 0.2) is 47.4 Å². The first kappa shape index (κ1) is 15.4. The van der Waals surface area contributed by atoms with E-state index in [1.165, 1.54) is 23.9 Å². The van der Waals surface area contributed by atoms with Gasteiger partial charge in [0.2, 0.25) is 0 Å². The highest BCUT2D eigenvalue weighted by atomic mass is 32.2. The van der Waals surface area contributed by atoms with E-state index in [-0.39, 0.29) is 5.69 Å². The third-order valence-electron chi connectivity index (χ3n) is 2.57. The number of hydrogen-bond donors (Lipinski definition) is 1. The molecule has 0 saturated carbocycles. The molecule has 7 heteroatoms. The van der Waals surface area contributed by atoms with Crippen molar-refractivity contribution < 1.29 is 23.1 Å². The lowest BCUT2D eigenvalue weighted by Crippen LogP contribution is -2.04. The van der Waals surface area contributed by atoms with Crippen molar-refractivity contribution in [3.05, 3.63) is 59.4 Å². The number of benzene rings is 1. The second-order valence-electron chi connectivity index (χ2n) is 4.13. The van der Waals surface area contributed by atoms with Gasteiger partial charge >= 0.3 is 12.1 Å². The minimum atomic E-state index is -4.38. The summed E-state index contributed by atoms with van der Waals surface area (Å²) in [5.74, 6) is -0.844. The fourth-order valence-corrected chi connectivity index (χ4v) is 2.46. The summed E-state index contributed by atoms with van der Waals surface area (Å²) in [5.41, 5.74) is -0.297. The van der Waals surface area contributed by atoms with Crippen LogP contribution in [0, 0.1) is 0 Å². The molecule has 0 aliphatic rings. The number of alkyl halides is 3. The molecule has 1 aromatic heterocycles. The Morgan fingerprint density at radius 1 is 1.19 bits per heavy atom. The maximum Gasteiger partial charge on any atom is 0.416 e. The van der Waals surface area contributed by atoms with Crippen LogP contribution in [-0.4, -0.2) is 16.1 Å². The average molecular weight is 313 g/mol. The first-order valence-electron chi connectivity index (χ1n) is 5.85. The molecule has 0 aliphatic carbocycles. The maximum absolute atomic E-state index is 12.6. The van der Waals surface area contributed by atoms with Crippen LogP contribution in [0.3, 0.4) is 0 Å².